The highest BCUT2D eigenvalue weighted by Crippen LogP contribution is 2.47. The molecule has 0 unspecified atom stereocenters. The maximum absolute atomic E-state index is 9.41. The largest absolute Gasteiger partial charge is 0.456 e. The average Bonchev–Trinajstić information content (AvgIpc) is 3.63. The van der Waals surface area contributed by atoms with Gasteiger partial charge in [-0.1, -0.05) is 151 Å². The normalized spacial score (nSPS) is 15.0. The zero-order valence-electron chi connectivity index (χ0n) is 34.7. The molecule has 1 heteroatoms. The van der Waals surface area contributed by atoms with Gasteiger partial charge >= 0.3 is 0 Å². The van der Waals surface area contributed by atoms with E-state index in [-0.39, 0.29) is 39.1 Å². The van der Waals surface area contributed by atoms with Gasteiger partial charge in [0.1, 0.15) is 11.2 Å². The van der Waals surface area contributed by atoms with Gasteiger partial charge in [0.2, 0.25) is 0 Å². The molecule has 0 radical (unpaired) electrons. The Kier molecular flexibility index (Phi) is 3.87. The van der Waals surface area contributed by atoms with Crippen molar-refractivity contribution in [3.63, 3.8) is 0 Å². The average molecular weight is 584 g/mol. The Bertz CT molecular complexity index is 3050. The van der Waals surface area contributed by atoms with Crippen LogP contribution in [0.1, 0.15) is 15.1 Å². The van der Waals surface area contributed by atoms with E-state index < -0.39 is 66.0 Å². The molecule has 0 amide bonds. The van der Waals surface area contributed by atoms with E-state index in [1.807, 2.05) is 66.7 Å². The van der Waals surface area contributed by atoms with Crippen molar-refractivity contribution in [3.8, 4) is 44.5 Å². The van der Waals surface area contributed by atoms with Crippen molar-refractivity contribution in [2.24, 2.45) is 0 Å². The molecule has 1 heterocycles. The topological polar surface area (TPSA) is 13.1 Å². The molecule has 0 N–H and O–H groups in total. The van der Waals surface area contributed by atoms with Crippen LogP contribution < -0.4 is 0 Å². The lowest BCUT2D eigenvalue weighted by molar-refractivity contribution is 0.669. The summed E-state index contributed by atoms with van der Waals surface area (Å²) in [5, 5.41) is 3.24. The number of hydrogen-bond acceptors (Lipinski definition) is 1. The first-order chi connectivity index (χ1) is 26.9. The van der Waals surface area contributed by atoms with Gasteiger partial charge in [0, 0.05) is 10.8 Å². The number of furan rings is 1. The van der Waals surface area contributed by atoms with Gasteiger partial charge in [-0.25, -0.2) is 0 Å². The van der Waals surface area contributed by atoms with Crippen LogP contribution in [0.2, 0.25) is 0 Å². The first-order valence-corrected chi connectivity index (χ1v) is 14.5. The third kappa shape index (κ3) is 4.17. The van der Waals surface area contributed by atoms with Gasteiger partial charge in [-0.15, -0.1) is 0 Å². The monoisotopic (exact) mass is 583 g/mol. The summed E-state index contributed by atoms with van der Waals surface area (Å²) in [6, 6.07) is 27.9. The number of benzene rings is 8. The predicted molar refractivity (Wildman–Crippen MR) is 190 cm³/mol. The highest BCUT2D eigenvalue weighted by Gasteiger charge is 2.20. The standard InChI is InChI=1S/C44H28O/c1-3-12-29(13-4-1)31-22-24-32(25-23-31)42-34-16-7-9-18-36(34)43(37-19-10-8-17-35(37)42)39-20-11-21-40-44(39)38-27-26-33(28-41(38)45-40)30-14-5-2-6-15-30/h1-28H/i2D,5D,6D,11D,14D,15D,20D,21D,26D,27D,28D. The molecule has 0 aliphatic carbocycles. The molecule has 45 heavy (non-hydrogen) atoms. The van der Waals surface area contributed by atoms with E-state index in [4.69, 9.17) is 15.4 Å². The molecule has 8 aromatic carbocycles. The fourth-order valence-electron chi connectivity index (χ4n) is 6.30. The Hall–Kier alpha value is -5.92. The van der Waals surface area contributed by atoms with Gasteiger partial charge in [-0.2, -0.15) is 0 Å². The van der Waals surface area contributed by atoms with Gasteiger partial charge in [-0.3, -0.25) is 0 Å². The van der Waals surface area contributed by atoms with E-state index >= 15 is 0 Å². The summed E-state index contributed by atoms with van der Waals surface area (Å²) in [5.41, 5.74) is 3.60. The molecule has 0 bridgehead atoms. The molecule has 0 atom stereocenters. The lowest BCUT2D eigenvalue weighted by Crippen LogP contribution is -1.91. The van der Waals surface area contributed by atoms with E-state index in [1.54, 1.807) is 0 Å². The van der Waals surface area contributed by atoms with Crippen LogP contribution in [0.4, 0.5) is 0 Å². The van der Waals surface area contributed by atoms with E-state index in [0.717, 1.165) is 43.8 Å². The summed E-state index contributed by atoms with van der Waals surface area (Å²) >= 11 is 0. The Morgan fingerprint density at radius 3 is 1.67 bits per heavy atom. The van der Waals surface area contributed by atoms with Crippen LogP contribution >= 0.6 is 0 Å². The molecular weight excluding hydrogens is 544 g/mol. The van der Waals surface area contributed by atoms with Gasteiger partial charge in [-0.05, 0) is 84.2 Å². The molecule has 9 aromatic rings. The minimum absolute atomic E-state index is 0.0446. The molecular formula is C44H28O. The molecule has 1 aromatic heterocycles. The van der Waals surface area contributed by atoms with E-state index in [0.29, 0.717) is 5.56 Å². The Morgan fingerprint density at radius 2 is 0.978 bits per heavy atom. The molecule has 0 spiro atoms. The zero-order valence-corrected chi connectivity index (χ0v) is 23.7. The van der Waals surface area contributed by atoms with Crippen molar-refractivity contribution < 1.29 is 19.5 Å². The summed E-state index contributed by atoms with van der Waals surface area (Å²) in [4.78, 5) is 0. The van der Waals surface area contributed by atoms with E-state index in [2.05, 4.69) is 36.4 Å². The minimum Gasteiger partial charge on any atom is -0.456 e. The molecule has 0 saturated carbocycles. The summed E-state index contributed by atoms with van der Waals surface area (Å²) < 4.78 is 103. The fraction of sp³-hybridized carbons (Fsp3) is 0. The summed E-state index contributed by atoms with van der Waals surface area (Å²) in [5.74, 6) is 0. The highest BCUT2D eigenvalue weighted by molar-refractivity contribution is 6.25. The molecule has 0 fully saturated rings. The Balaban J connectivity index is 1.40. The van der Waals surface area contributed by atoms with Crippen molar-refractivity contribution in [2.45, 2.75) is 0 Å². The molecule has 0 saturated heterocycles. The van der Waals surface area contributed by atoms with Crippen molar-refractivity contribution in [1.29, 1.82) is 0 Å². The zero-order chi connectivity index (χ0) is 39.3. The molecule has 210 valence electrons. The van der Waals surface area contributed by atoms with Crippen molar-refractivity contribution in [1.82, 2.24) is 0 Å². The molecule has 9 rings (SSSR count). The lowest BCUT2D eigenvalue weighted by Gasteiger charge is -2.18. The molecule has 0 aliphatic rings. The maximum atomic E-state index is 9.41. The van der Waals surface area contributed by atoms with Gasteiger partial charge in [0.25, 0.3) is 0 Å². The first kappa shape index (κ1) is 16.8. The van der Waals surface area contributed by atoms with Crippen molar-refractivity contribution in [2.75, 3.05) is 0 Å². The van der Waals surface area contributed by atoms with Gasteiger partial charge in [0.05, 0.1) is 15.1 Å². The first-order valence-electron chi connectivity index (χ1n) is 20.0. The molecule has 0 aliphatic heterocycles. The van der Waals surface area contributed by atoms with Crippen molar-refractivity contribution in [3.05, 3.63) is 170 Å². The number of rotatable bonds is 4. The van der Waals surface area contributed by atoms with E-state index in [1.165, 1.54) is 0 Å². The summed E-state index contributed by atoms with van der Waals surface area (Å²) in [7, 11) is 0. The molecule has 1 nitrogen and oxygen atoms in total. The van der Waals surface area contributed by atoms with Crippen LogP contribution in [0.3, 0.4) is 0 Å². The second-order valence-electron chi connectivity index (χ2n) is 10.8. The van der Waals surface area contributed by atoms with Crippen LogP contribution in [-0.2, 0) is 0 Å². The quantitative estimate of drug-likeness (QED) is 0.188. The van der Waals surface area contributed by atoms with Crippen LogP contribution in [0, 0.1) is 0 Å². The van der Waals surface area contributed by atoms with Gasteiger partial charge in [0.15, 0.2) is 0 Å². The van der Waals surface area contributed by atoms with E-state index in [9.17, 15) is 4.11 Å². The predicted octanol–water partition coefficient (Wildman–Crippen LogP) is 12.6. The Labute approximate surface area is 277 Å². The Morgan fingerprint density at radius 1 is 0.378 bits per heavy atom. The van der Waals surface area contributed by atoms with Gasteiger partial charge < -0.3 is 4.42 Å². The summed E-state index contributed by atoms with van der Waals surface area (Å²) in [6.45, 7) is 0. The maximum Gasteiger partial charge on any atom is 0.136 e. The second kappa shape index (κ2) is 10.4. The number of fused-ring (bicyclic) bond motifs is 5. The minimum atomic E-state index is -0.654. The third-order valence-electron chi connectivity index (χ3n) is 8.28. The SMILES string of the molecule is [2H]c1c([2H])c([2H])c(-c2c([2H])c([2H])c3c(oc4c([2H])c([2H])c([2H])c(-c5c6ccccc6c(-c6ccc(-c7ccccc7)cc6)c6ccccc56)c43)c2[2H])c([2H])c1[2H]. The lowest BCUT2D eigenvalue weighted by atomic mass is 9.84. The third-order valence-corrected chi connectivity index (χ3v) is 8.28. The summed E-state index contributed by atoms with van der Waals surface area (Å²) in [6.07, 6.45) is 0. The van der Waals surface area contributed by atoms with Crippen molar-refractivity contribution >= 4 is 43.5 Å². The smallest absolute Gasteiger partial charge is 0.136 e. The second-order valence-corrected chi connectivity index (χ2v) is 10.8. The van der Waals surface area contributed by atoms with Crippen LogP contribution in [-0.4, -0.2) is 0 Å². The number of hydrogen-bond donors (Lipinski definition) is 0. The highest BCUT2D eigenvalue weighted by atomic mass is 16.3. The van der Waals surface area contributed by atoms with Crippen LogP contribution in [0.25, 0.3) is 88.0 Å². The van der Waals surface area contributed by atoms with Crippen LogP contribution in [0.5, 0.6) is 0 Å². The van der Waals surface area contributed by atoms with Crippen LogP contribution in [0.15, 0.2) is 174 Å². The fourth-order valence-corrected chi connectivity index (χ4v) is 6.30.